The number of nitrogens with one attached hydrogen (secondary N) is 1. The van der Waals surface area contributed by atoms with E-state index in [0.29, 0.717) is 5.92 Å². The molecule has 0 saturated heterocycles. The number of fused-ring (bicyclic) bond motifs is 1. The van der Waals surface area contributed by atoms with Gasteiger partial charge in [-0.3, -0.25) is 4.98 Å². The van der Waals surface area contributed by atoms with Gasteiger partial charge in [0, 0.05) is 27.4 Å². The molecule has 1 heterocycles. The van der Waals surface area contributed by atoms with Crippen molar-refractivity contribution in [2.75, 3.05) is 6.54 Å². The van der Waals surface area contributed by atoms with Crippen molar-refractivity contribution in [2.45, 2.75) is 31.7 Å². The molecule has 0 radical (unpaired) electrons. The zero-order valence-corrected chi connectivity index (χ0v) is 14.1. The minimum atomic E-state index is -0.177. The molecule has 1 aromatic carbocycles. The molecule has 2 unspecified atom stereocenters. The van der Waals surface area contributed by atoms with Gasteiger partial charge in [0.2, 0.25) is 0 Å². The molecule has 3 rings (SSSR count). The number of hydrogen-bond donors (Lipinski definition) is 1. The van der Waals surface area contributed by atoms with E-state index in [9.17, 15) is 4.39 Å². The maximum Gasteiger partial charge on any atom is 0.124 e. The number of hydrogen-bond acceptors (Lipinski definition) is 2. The summed E-state index contributed by atoms with van der Waals surface area (Å²) in [6, 6.07) is 9.43. The van der Waals surface area contributed by atoms with Crippen molar-refractivity contribution in [3.63, 3.8) is 0 Å². The SMILES string of the molecule is CCNC(c1ccc(F)cc1I)C1CCc2cccnc21. The maximum absolute atomic E-state index is 13.4. The summed E-state index contributed by atoms with van der Waals surface area (Å²) >= 11 is 2.23. The smallest absolute Gasteiger partial charge is 0.124 e. The fourth-order valence-electron chi connectivity index (χ4n) is 3.21. The maximum atomic E-state index is 13.4. The molecule has 2 atom stereocenters. The van der Waals surface area contributed by atoms with E-state index >= 15 is 0 Å². The Labute approximate surface area is 138 Å². The van der Waals surface area contributed by atoms with Crippen molar-refractivity contribution in [3.8, 4) is 0 Å². The highest BCUT2D eigenvalue weighted by Crippen LogP contribution is 2.41. The molecule has 0 bridgehead atoms. The topological polar surface area (TPSA) is 24.9 Å². The molecular weight excluding hydrogens is 378 g/mol. The Morgan fingerprint density at radius 1 is 1.43 bits per heavy atom. The summed E-state index contributed by atoms with van der Waals surface area (Å²) in [5.41, 5.74) is 3.72. The standard InChI is InChI=1S/C17H18FIN2/c1-2-20-17(13-8-6-12(18)10-15(13)19)14-7-5-11-4-3-9-21-16(11)14/h3-4,6,8-10,14,17,20H,2,5,7H2,1H3. The number of nitrogens with zero attached hydrogens (tertiary/aromatic N) is 1. The van der Waals surface area contributed by atoms with E-state index in [-0.39, 0.29) is 11.9 Å². The molecular formula is C17H18FIN2. The van der Waals surface area contributed by atoms with Crippen LogP contribution in [-0.2, 0) is 6.42 Å². The van der Waals surface area contributed by atoms with Crippen LogP contribution in [0.1, 0.15) is 42.1 Å². The van der Waals surface area contributed by atoms with Crippen LogP contribution in [0.5, 0.6) is 0 Å². The van der Waals surface area contributed by atoms with E-state index in [1.54, 1.807) is 12.1 Å². The molecule has 1 aliphatic carbocycles. The van der Waals surface area contributed by atoms with E-state index in [1.165, 1.54) is 16.8 Å². The van der Waals surface area contributed by atoms with Crippen LogP contribution in [0.3, 0.4) is 0 Å². The first-order valence-electron chi connectivity index (χ1n) is 7.32. The summed E-state index contributed by atoms with van der Waals surface area (Å²) in [6.45, 7) is 2.99. The van der Waals surface area contributed by atoms with Gasteiger partial charge in [-0.25, -0.2) is 4.39 Å². The summed E-state index contributed by atoms with van der Waals surface area (Å²) in [6.07, 6.45) is 4.04. The number of benzene rings is 1. The number of pyridine rings is 1. The lowest BCUT2D eigenvalue weighted by Crippen LogP contribution is -2.27. The molecule has 0 fully saturated rings. The quantitative estimate of drug-likeness (QED) is 0.784. The van der Waals surface area contributed by atoms with Gasteiger partial charge in [0.25, 0.3) is 0 Å². The van der Waals surface area contributed by atoms with Crippen molar-refractivity contribution < 1.29 is 4.39 Å². The van der Waals surface area contributed by atoms with E-state index in [1.807, 2.05) is 18.3 Å². The third-order valence-electron chi connectivity index (χ3n) is 4.13. The van der Waals surface area contributed by atoms with Crippen LogP contribution in [-0.4, -0.2) is 11.5 Å². The molecule has 0 amide bonds. The first-order chi connectivity index (χ1) is 10.2. The number of halogens is 2. The van der Waals surface area contributed by atoms with E-state index in [0.717, 1.165) is 23.0 Å². The molecule has 0 saturated carbocycles. The van der Waals surface area contributed by atoms with Crippen LogP contribution in [0.15, 0.2) is 36.5 Å². The molecule has 2 aromatic rings. The van der Waals surface area contributed by atoms with E-state index in [4.69, 9.17) is 0 Å². The van der Waals surface area contributed by atoms with Crippen molar-refractivity contribution in [1.82, 2.24) is 10.3 Å². The van der Waals surface area contributed by atoms with Crippen LogP contribution in [0.2, 0.25) is 0 Å². The van der Waals surface area contributed by atoms with Gasteiger partial charge in [-0.15, -0.1) is 0 Å². The lowest BCUT2D eigenvalue weighted by Gasteiger charge is -2.26. The molecule has 1 aliphatic rings. The zero-order chi connectivity index (χ0) is 14.8. The third-order valence-corrected chi connectivity index (χ3v) is 5.06. The van der Waals surface area contributed by atoms with Gasteiger partial charge in [-0.05, 0) is 71.3 Å². The first kappa shape index (κ1) is 14.9. The van der Waals surface area contributed by atoms with Gasteiger partial charge in [0.05, 0.1) is 0 Å². The molecule has 0 aliphatic heterocycles. The number of aromatic nitrogens is 1. The lowest BCUT2D eigenvalue weighted by atomic mass is 9.90. The summed E-state index contributed by atoms with van der Waals surface area (Å²) < 4.78 is 14.4. The van der Waals surface area contributed by atoms with E-state index < -0.39 is 0 Å². The van der Waals surface area contributed by atoms with Gasteiger partial charge in [-0.2, -0.15) is 0 Å². The van der Waals surface area contributed by atoms with Gasteiger partial charge >= 0.3 is 0 Å². The van der Waals surface area contributed by atoms with Crippen LogP contribution in [0, 0.1) is 9.39 Å². The Morgan fingerprint density at radius 3 is 3.05 bits per heavy atom. The molecule has 110 valence electrons. The van der Waals surface area contributed by atoms with Crippen LogP contribution < -0.4 is 5.32 Å². The number of aryl methyl sites for hydroxylation is 1. The Hall–Kier alpha value is -1.01. The van der Waals surface area contributed by atoms with Crippen LogP contribution in [0.4, 0.5) is 4.39 Å². The Morgan fingerprint density at radius 2 is 2.29 bits per heavy atom. The highest BCUT2D eigenvalue weighted by atomic mass is 127. The summed E-state index contributed by atoms with van der Waals surface area (Å²) in [5.74, 6) is 0.184. The molecule has 0 spiro atoms. The average molecular weight is 396 g/mol. The van der Waals surface area contributed by atoms with Crippen LogP contribution >= 0.6 is 22.6 Å². The van der Waals surface area contributed by atoms with Crippen molar-refractivity contribution in [1.29, 1.82) is 0 Å². The first-order valence-corrected chi connectivity index (χ1v) is 8.40. The minimum Gasteiger partial charge on any atom is -0.310 e. The van der Waals surface area contributed by atoms with Gasteiger partial charge < -0.3 is 5.32 Å². The van der Waals surface area contributed by atoms with Gasteiger partial charge in [0.15, 0.2) is 0 Å². The summed E-state index contributed by atoms with van der Waals surface area (Å²) in [4.78, 5) is 4.60. The molecule has 1 aromatic heterocycles. The zero-order valence-electron chi connectivity index (χ0n) is 11.9. The Balaban J connectivity index is 1.99. The predicted molar refractivity (Wildman–Crippen MR) is 90.8 cm³/mol. The molecule has 1 N–H and O–H groups in total. The highest BCUT2D eigenvalue weighted by molar-refractivity contribution is 14.1. The second-order valence-electron chi connectivity index (χ2n) is 5.39. The number of rotatable bonds is 4. The molecule has 4 heteroatoms. The fraction of sp³-hybridized carbons (Fsp3) is 0.353. The normalized spacial score (nSPS) is 18.5. The van der Waals surface area contributed by atoms with Crippen molar-refractivity contribution in [2.24, 2.45) is 0 Å². The number of likely N-dealkylation sites (N-methyl/N-ethyl adjacent to an activating group) is 1. The summed E-state index contributed by atoms with van der Waals surface area (Å²) in [5, 5.41) is 3.57. The third kappa shape index (κ3) is 2.97. The summed E-state index contributed by atoms with van der Waals surface area (Å²) in [7, 11) is 0. The average Bonchev–Trinajstić information content (AvgIpc) is 2.89. The highest BCUT2D eigenvalue weighted by Gasteiger charge is 2.32. The molecule has 21 heavy (non-hydrogen) atoms. The van der Waals surface area contributed by atoms with Crippen molar-refractivity contribution in [3.05, 3.63) is 62.7 Å². The second kappa shape index (κ2) is 6.40. The Kier molecular flexibility index (Phi) is 4.54. The monoisotopic (exact) mass is 396 g/mol. The van der Waals surface area contributed by atoms with Gasteiger partial charge in [-0.1, -0.05) is 19.1 Å². The second-order valence-corrected chi connectivity index (χ2v) is 6.56. The van der Waals surface area contributed by atoms with Crippen LogP contribution in [0.25, 0.3) is 0 Å². The minimum absolute atomic E-state index is 0.177. The fourth-order valence-corrected chi connectivity index (χ4v) is 4.02. The molecule has 2 nitrogen and oxygen atoms in total. The van der Waals surface area contributed by atoms with E-state index in [2.05, 4.69) is 45.9 Å². The van der Waals surface area contributed by atoms with Gasteiger partial charge in [0.1, 0.15) is 5.82 Å². The lowest BCUT2D eigenvalue weighted by molar-refractivity contribution is 0.445. The largest absolute Gasteiger partial charge is 0.310 e. The predicted octanol–water partition coefficient (Wildman–Crippen LogP) is 4.21. The Bertz CT molecular complexity index is 644. The van der Waals surface area contributed by atoms with Crippen molar-refractivity contribution >= 4 is 22.6 Å².